The molecular weight excluding hydrogens is 436 g/mol. The molecule has 176 valence electrons. The van der Waals surface area contributed by atoms with Crippen LogP contribution >= 0.6 is 0 Å². The maximum Gasteiger partial charge on any atom is 0.246 e. The van der Waals surface area contributed by atoms with Gasteiger partial charge >= 0.3 is 0 Å². The first-order valence-corrected chi connectivity index (χ1v) is 11.2. The fraction of sp³-hybridized carbons (Fsp3) is 0.296. The highest BCUT2D eigenvalue weighted by Gasteiger charge is 2.57. The van der Waals surface area contributed by atoms with Crippen molar-refractivity contribution in [2.75, 3.05) is 29.9 Å². The zero-order chi connectivity index (χ0) is 22.6. The molecule has 1 amide bonds. The molecule has 0 bridgehead atoms. The van der Waals surface area contributed by atoms with Crippen molar-refractivity contribution < 1.29 is 18.3 Å². The Kier molecular flexibility index (Phi) is 5.52. The summed E-state index contributed by atoms with van der Waals surface area (Å²) in [4.78, 5) is 15.6. The monoisotopic (exact) mass is 463 g/mol. The second kappa shape index (κ2) is 8.40. The van der Waals surface area contributed by atoms with Gasteiger partial charge in [0.15, 0.2) is 11.6 Å². The topological polar surface area (TPSA) is 53.6 Å². The lowest BCUT2D eigenvalue weighted by atomic mass is 9.77. The molecule has 7 heteroatoms. The Morgan fingerprint density at radius 1 is 1.06 bits per heavy atom. The second-order valence-corrected chi connectivity index (χ2v) is 8.90. The minimum absolute atomic E-state index is 0. The molecule has 6 rings (SSSR count). The Morgan fingerprint density at radius 3 is 2.59 bits per heavy atom. The summed E-state index contributed by atoms with van der Waals surface area (Å²) in [5.41, 5.74) is 2.76. The molecule has 3 aliphatic heterocycles. The Bertz CT molecular complexity index is 1240. The minimum atomic E-state index is -1.17. The van der Waals surface area contributed by atoms with Gasteiger partial charge in [-0.05, 0) is 48.4 Å². The number of hydrogen-bond donors (Lipinski definition) is 2. The van der Waals surface area contributed by atoms with Gasteiger partial charge in [0, 0.05) is 35.6 Å². The van der Waals surface area contributed by atoms with E-state index in [-0.39, 0.29) is 25.7 Å². The third-order valence-electron chi connectivity index (χ3n) is 6.92. The van der Waals surface area contributed by atoms with E-state index in [1.165, 1.54) is 0 Å². The number of fused-ring (bicyclic) bond motifs is 4. The van der Waals surface area contributed by atoms with Crippen LogP contribution in [0.3, 0.4) is 0 Å². The number of nitrogens with one attached hydrogen (secondary N) is 2. The number of rotatable bonds is 4. The number of anilines is 2. The SMILES string of the molecule is C.O=C1N(Cc2ccc(N[C@@H]3CCNC3)cc2)c2ccccc2C12COc1cc(F)c(F)cc12. The molecule has 3 aliphatic rings. The van der Waals surface area contributed by atoms with Gasteiger partial charge in [-0.2, -0.15) is 0 Å². The van der Waals surface area contributed by atoms with Crippen LogP contribution in [0, 0.1) is 11.6 Å². The molecule has 0 aromatic heterocycles. The molecule has 2 atom stereocenters. The van der Waals surface area contributed by atoms with Crippen molar-refractivity contribution in [3.8, 4) is 5.75 Å². The van der Waals surface area contributed by atoms with Crippen molar-refractivity contribution in [3.05, 3.63) is 89.0 Å². The highest BCUT2D eigenvalue weighted by Crippen LogP contribution is 2.52. The van der Waals surface area contributed by atoms with Crippen LogP contribution in [-0.2, 0) is 16.8 Å². The van der Waals surface area contributed by atoms with E-state index < -0.39 is 17.0 Å². The summed E-state index contributed by atoms with van der Waals surface area (Å²) in [7, 11) is 0. The van der Waals surface area contributed by atoms with E-state index in [9.17, 15) is 13.6 Å². The quantitative estimate of drug-likeness (QED) is 0.594. The number of halogens is 2. The number of nitrogens with zero attached hydrogens (tertiary/aromatic N) is 1. The summed E-state index contributed by atoms with van der Waals surface area (Å²) in [5, 5.41) is 6.86. The van der Waals surface area contributed by atoms with Crippen LogP contribution in [0.1, 0.15) is 30.5 Å². The van der Waals surface area contributed by atoms with Gasteiger partial charge < -0.3 is 20.3 Å². The van der Waals surface area contributed by atoms with Crippen molar-refractivity contribution >= 4 is 17.3 Å². The van der Waals surface area contributed by atoms with Gasteiger partial charge in [-0.3, -0.25) is 4.79 Å². The predicted molar refractivity (Wildman–Crippen MR) is 128 cm³/mol. The van der Waals surface area contributed by atoms with E-state index in [4.69, 9.17) is 4.74 Å². The number of benzene rings is 3. The van der Waals surface area contributed by atoms with E-state index in [1.54, 1.807) is 4.90 Å². The van der Waals surface area contributed by atoms with Crippen LogP contribution in [0.5, 0.6) is 5.75 Å². The fourth-order valence-electron chi connectivity index (χ4n) is 5.23. The molecule has 3 aromatic carbocycles. The number of hydrogen-bond acceptors (Lipinski definition) is 4. The summed E-state index contributed by atoms with van der Waals surface area (Å²) in [6.07, 6.45) is 1.09. The molecule has 1 spiro atoms. The van der Waals surface area contributed by atoms with E-state index in [0.29, 0.717) is 18.2 Å². The number of carbonyl (C=O) groups is 1. The van der Waals surface area contributed by atoms with E-state index >= 15 is 0 Å². The molecule has 0 radical (unpaired) electrons. The largest absolute Gasteiger partial charge is 0.491 e. The molecule has 3 heterocycles. The van der Waals surface area contributed by atoms with Gasteiger partial charge in [-0.25, -0.2) is 8.78 Å². The molecule has 34 heavy (non-hydrogen) atoms. The lowest BCUT2D eigenvalue weighted by Crippen LogP contribution is -2.42. The van der Waals surface area contributed by atoms with Crippen molar-refractivity contribution in [2.24, 2.45) is 0 Å². The molecule has 2 N–H and O–H groups in total. The molecule has 0 saturated carbocycles. The van der Waals surface area contributed by atoms with Gasteiger partial charge in [-0.15, -0.1) is 0 Å². The van der Waals surface area contributed by atoms with Gasteiger partial charge in [0.25, 0.3) is 0 Å². The summed E-state index contributed by atoms with van der Waals surface area (Å²) < 4.78 is 33.7. The van der Waals surface area contributed by atoms with Gasteiger partial charge in [0.2, 0.25) is 5.91 Å². The van der Waals surface area contributed by atoms with Crippen molar-refractivity contribution in [2.45, 2.75) is 31.8 Å². The number of amides is 1. The van der Waals surface area contributed by atoms with Crippen LogP contribution in [0.4, 0.5) is 20.2 Å². The molecule has 5 nitrogen and oxygen atoms in total. The van der Waals surface area contributed by atoms with Crippen LogP contribution < -0.4 is 20.3 Å². The average Bonchev–Trinajstić information content (AvgIpc) is 3.52. The lowest BCUT2D eigenvalue weighted by Gasteiger charge is -2.23. The fourth-order valence-corrected chi connectivity index (χ4v) is 5.23. The van der Waals surface area contributed by atoms with E-state index in [2.05, 4.69) is 10.6 Å². The van der Waals surface area contributed by atoms with Gasteiger partial charge in [-0.1, -0.05) is 37.8 Å². The molecule has 1 fully saturated rings. The first-order chi connectivity index (χ1) is 16.1. The van der Waals surface area contributed by atoms with Crippen molar-refractivity contribution in [3.63, 3.8) is 0 Å². The third-order valence-corrected chi connectivity index (χ3v) is 6.92. The first-order valence-electron chi connectivity index (χ1n) is 11.2. The normalized spacial score (nSPS) is 22.4. The highest BCUT2D eigenvalue weighted by atomic mass is 19.2. The highest BCUT2D eigenvalue weighted by molar-refractivity contribution is 6.11. The number of carbonyl (C=O) groups excluding carboxylic acids is 1. The molecular formula is C27H27F2N3O2. The Morgan fingerprint density at radius 2 is 1.82 bits per heavy atom. The maximum atomic E-state index is 14.2. The smallest absolute Gasteiger partial charge is 0.246 e. The van der Waals surface area contributed by atoms with Crippen LogP contribution in [-0.4, -0.2) is 31.6 Å². The van der Waals surface area contributed by atoms with Crippen LogP contribution in [0.15, 0.2) is 60.7 Å². The van der Waals surface area contributed by atoms with E-state index in [1.807, 2.05) is 48.5 Å². The van der Waals surface area contributed by atoms with Crippen molar-refractivity contribution in [1.82, 2.24) is 5.32 Å². The molecule has 0 aliphatic carbocycles. The van der Waals surface area contributed by atoms with Crippen LogP contribution in [0.2, 0.25) is 0 Å². The van der Waals surface area contributed by atoms with Crippen molar-refractivity contribution in [1.29, 1.82) is 0 Å². The first kappa shape index (κ1) is 22.3. The minimum Gasteiger partial charge on any atom is -0.491 e. The van der Waals surface area contributed by atoms with Gasteiger partial charge in [0.05, 0.1) is 6.54 Å². The Labute approximate surface area is 197 Å². The lowest BCUT2D eigenvalue weighted by molar-refractivity contribution is -0.122. The molecule has 1 saturated heterocycles. The number of para-hydroxylation sites is 1. The summed E-state index contributed by atoms with van der Waals surface area (Å²) >= 11 is 0. The summed E-state index contributed by atoms with van der Waals surface area (Å²) in [6.45, 7) is 2.38. The zero-order valence-corrected chi connectivity index (χ0v) is 17.9. The molecule has 3 aromatic rings. The zero-order valence-electron chi connectivity index (χ0n) is 17.9. The van der Waals surface area contributed by atoms with Gasteiger partial charge in [0.1, 0.15) is 17.8 Å². The summed E-state index contributed by atoms with van der Waals surface area (Å²) in [6, 6.07) is 18.1. The Hall–Kier alpha value is -3.45. The van der Waals surface area contributed by atoms with Crippen LogP contribution in [0.25, 0.3) is 0 Å². The molecule has 1 unspecified atom stereocenters. The summed E-state index contributed by atoms with van der Waals surface area (Å²) in [5.74, 6) is -1.94. The maximum absolute atomic E-state index is 14.2. The number of ether oxygens (including phenoxy) is 1. The van der Waals surface area contributed by atoms with E-state index in [0.717, 1.165) is 54.1 Å². The predicted octanol–water partition coefficient (Wildman–Crippen LogP) is 4.60. The Balaban J connectivity index is 0.00000241. The standard InChI is InChI=1S/C26H23F2N3O2.CH4/c27-21-11-20-24(12-22(21)28)33-15-26(20)19-3-1-2-4-23(19)31(25(26)32)14-16-5-7-17(8-6-16)30-18-9-10-29-13-18;/h1-8,11-12,18,29-30H,9-10,13-15H2;1H4/t18-,26?;/m1./s1. The third kappa shape index (κ3) is 3.34. The average molecular weight is 464 g/mol. The second-order valence-electron chi connectivity index (χ2n) is 8.90.